The predicted octanol–water partition coefficient (Wildman–Crippen LogP) is 1.11. The van der Waals surface area contributed by atoms with Crippen molar-refractivity contribution >= 4 is 34.9 Å². The van der Waals surface area contributed by atoms with E-state index in [0.29, 0.717) is 32.6 Å². The topological polar surface area (TPSA) is 66.6 Å². The lowest BCUT2D eigenvalue weighted by Gasteiger charge is -2.35. The third-order valence-corrected chi connectivity index (χ3v) is 4.92. The molecule has 0 saturated carbocycles. The van der Waals surface area contributed by atoms with Crippen LogP contribution < -0.4 is 5.73 Å². The summed E-state index contributed by atoms with van der Waals surface area (Å²) in [6.07, 6.45) is 2.71. The second-order valence-corrected chi connectivity index (χ2v) is 6.78. The molecule has 5 nitrogen and oxygen atoms in total. The molecule has 116 valence electrons. The van der Waals surface area contributed by atoms with Gasteiger partial charge in [0.25, 0.3) is 5.91 Å². The van der Waals surface area contributed by atoms with Gasteiger partial charge in [-0.15, -0.1) is 0 Å². The van der Waals surface area contributed by atoms with Crippen molar-refractivity contribution in [2.24, 2.45) is 5.73 Å². The molecule has 1 aliphatic heterocycles. The minimum atomic E-state index is -0.420. The Bertz CT molecular complexity index is 471. The quantitative estimate of drug-likeness (QED) is 0.880. The molecular weight excluding hydrogens is 306 g/mol. The Morgan fingerprint density at radius 2 is 2.00 bits per heavy atom. The zero-order valence-corrected chi connectivity index (χ0v) is 13.8. The van der Waals surface area contributed by atoms with Crippen LogP contribution in [0.25, 0.3) is 0 Å². The second-order valence-electron chi connectivity index (χ2n) is 5.02. The van der Waals surface area contributed by atoms with E-state index in [4.69, 9.17) is 5.73 Å². The minimum Gasteiger partial charge on any atom is -0.338 e. The summed E-state index contributed by atoms with van der Waals surface area (Å²) in [7, 11) is 0. The Balaban J connectivity index is 1.83. The Hall–Kier alpha value is -1.05. The van der Waals surface area contributed by atoms with E-state index < -0.39 is 6.04 Å². The van der Waals surface area contributed by atoms with Gasteiger partial charge >= 0.3 is 0 Å². The molecule has 0 unspecified atom stereocenters. The lowest BCUT2D eigenvalue weighted by atomic mass is 10.2. The minimum absolute atomic E-state index is 0.00619. The van der Waals surface area contributed by atoms with Gasteiger partial charge < -0.3 is 15.5 Å². The van der Waals surface area contributed by atoms with Crippen LogP contribution in [0.15, 0.2) is 16.8 Å². The summed E-state index contributed by atoms with van der Waals surface area (Å²) in [4.78, 5) is 28.0. The van der Waals surface area contributed by atoms with Crippen molar-refractivity contribution in [2.75, 3.05) is 38.2 Å². The third-order valence-electron chi connectivity index (χ3n) is 3.60. The van der Waals surface area contributed by atoms with Crippen molar-refractivity contribution in [2.45, 2.75) is 12.5 Å². The number of amides is 2. The number of thioether (sulfide) groups is 1. The fourth-order valence-electron chi connectivity index (χ4n) is 2.30. The summed E-state index contributed by atoms with van der Waals surface area (Å²) >= 11 is 3.21. The summed E-state index contributed by atoms with van der Waals surface area (Å²) in [5, 5.41) is 3.76. The van der Waals surface area contributed by atoms with E-state index in [9.17, 15) is 9.59 Å². The monoisotopic (exact) mass is 327 g/mol. The zero-order chi connectivity index (χ0) is 15.2. The molecule has 0 bridgehead atoms. The van der Waals surface area contributed by atoms with Gasteiger partial charge in [-0.05, 0) is 29.9 Å². The maximum atomic E-state index is 12.2. The highest BCUT2D eigenvalue weighted by Crippen LogP contribution is 2.13. The summed E-state index contributed by atoms with van der Waals surface area (Å²) in [6, 6.07) is 1.42. The molecule has 1 aliphatic rings. The van der Waals surface area contributed by atoms with E-state index in [1.165, 1.54) is 11.3 Å². The second kappa shape index (κ2) is 7.82. The number of nitrogens with zero attached hydrogens (tertiary/aromatic N) is 2. The fourth-order valence-corrected chi connectivity index (χ4v) is 3.42. The number of carbonyl (C=O) groups is 2. The molecule has 0 spiro atoms. The largest absolute Gasteiger partial charge is 0.338 e. The van der Waals surface area contributed by atoms with E-state index in [2.05, 4.69) is 0 Å². The van der Waals surface area contributed by atoms with Crippen molar-refractivity contribution in [3.8, 4) is 0 Å². The molecule has 2 amide bonds. The Kier molecular flexibility index (Phi) is 6.08. The van der Waals surface area contributed by atoms with E-state index in [-0.39, 0.29) is 11.8 Å². The summed E-state index contributed by atoms with van der Waals surface area (Å²) in [5.41, 5.74) is 6.65. The van der Waals surface area contributed by atoms with Crippen LogP contribution in [0.1, 0.15) is 16.8 Å². The maximum absolute atomic E-state index is 12.2. The first kappa shape index (κ1) is 16.3. The molecule has 1 aromatic heterocycles. The smallest absolute Gasteiger partial charge is 0.254 e. The average Bonchev–Trinajstić information content (AvgIpc) is 3.05. The highest BCUT2D eigenvalue weighted by molar-refractivity contribution is 7.98. The molecule has 0 aromatic carbocycles. The standard InChI is InChI=1S/C14H21N3O2S2/c1-20-8-3-12(15)14(19)17-6-4-16(5-7-17)13(18)11-2-9-21-10-11/h2,9-10,12H,3-8,15H2,1H3/t12-/m0/s1. The number of nitrogens with two attached hydrogens (primary N) is 1. The number of piperazine rings is 1. The third kappa shape index (κ3) is 4.21. The molecule has 2 N–H and O–H groups in total. The van der Waals surface area contributed by atoms with E-state index in [1.807, 2.05) is 23.1 Å². The molecule has 1 atom stereocenters. The highest BCUT2D eigenvalue weighted by Gasteiger charge is 2.27. The summed E-state index contributed by atoms with van der Waals surface area (Å²) < 4.78 is 0. The number of hydrogen-bond acceptors (Lipinski definition) is 5. The number of rotatable bonds is 5. The van der Waals surface area contributed by atoms with Gasteiger partial charge in [0.05, 0.1) is 11.6 Å². The number of carbonyl (C=O) groups excluding carboxylic acids is 2. The van der Waals surface area contributed by atoms with Crippen molar-refractivity contribution in [3.63, 3.8) is 0 Å². The first-order chi connectivity index (χ1) is 10.1. The molecule has 0 radical (unpaired) electrons. The molecule has 21 heavy (non-hydrogen) atoms. The van der Waals surface area contributed by atoms with Gasteiger partial charge in [-0.2, -0.15) is 23.1 Å². The zero-order valence-electron chi connectivity index (χ0n) is 12.2. The van der Waals surface area contributed by atoms with Gasteiger partial charge in [0, 0.05) is 31.6 Å². The SMILES string of the molecule is CSCC[C@H](N)C(=O)N1CCN(C(=O)c2ccsc2)CC1. The van der Waals surface area contributed by atoms with E-state index in [0.717, 1.165) is 11.3 Å². The van der Waals surface area contributed by atoms with Crippen molar-refractivity contribution in [3.05, 3.63) is 22.4 Å². The Morgan fingerprint density at radius 1 is 1.33 bits per heavy atom. The molecule has 0 aliphatic carbocycles. The van der Waals surface area contributed by atoms with Crippen LogP contribution in [-0.2, 0) is 4.79 Å². The van der Waals surface area contributed by atoms with Crippen LogP contribution in [0.2, 0.25) is 0 Å². The molecule has 1 aromatic rings. The van der Waals surface area contributed by atoms with Crippen molar-refractivity contribution in [1.82, 2.24) is 9.80 Å². The molecule has 7 heteroatoms. The summed E-state index contributed by atoms with van der Waals surface area (Å²) in [6.45, 7) is 2.30. The first-order valence-corrected chi connectivity index (χ1v) is 9.32. The number of hydrogen-bond donors (Lipinski definition) is 1. The number of thiophene rings is 1. The lowest BCUT2D eigenvalue weighted by Crippen LogP contribution is -2.54. The maximum Gasteiger partial charge on any atom is 0.254 e. The molecule has 1 saturated heterocycles. The highest BCUT2D eigenvalue weighted by atomic mass is 32.2. The van der Waals surface area contributed by atoms with Gasteiger partial charge in [0.2, 0.25) is 5.91 Å². The lowest BCUT2D eigenvalue weighted by molar-refractivity contribution is -0.134. The van der Waals surface area contributed by atoms with Crippen LogP contribution in [0.5, 0.6) is 0 Å². The Morgan fingerprint density at radius 3 is 2.57 bits per heavy atom. The van der Waals surface area contributed by atoms with Crippen LogP contribution in [-0.4, -0.2) is 65.8 Å². The van der Waals surface area contributed by atoms with Crippen LogP contribution in [0, 0.1) is 0 Å². The van der Waals surface area contributed by atoms with Crippen molar-refractivity contribution in [1.29, 1.82) is 0 Å². The van der Waals surface area contributed by atoms with Gasteiger partial charge in [0.15, 0.2) is 0 Å². The molecule has 2 rings (SSSR count). The van der Waals surface area contributed by atoms with Crippen molar-refractivity contribution < 1.29 is 9.59 Å². The van der Waals surface area contributed by atoms with Crippen LogP contribution >= 0.6 is 23.1 Å². The van der Waals surface area contributed by atoms with Crippen LogP contribution in [0.3, 0.4) is 0 Å². The van der Waals surface area contributed by atoms with E-state index >= 15 is 0 Å². The molecule has 2 heterocycles. The first-order valence-electron chi connectivity index (χ1n) is 6.98. The van der Waals surface area contributed by atoms with Gasteiger partial charge in [-0.1, -0.05) is 0 Å². The van der Waals surface area contributed by atoms with E-state index in [1.54, 1.807) is 21.6 Å². The van der Waals surface area contributed by atoms with Gasteiger partial charge in [-0.3, -0.25) is 9.59 Å². The fraction of sp³-hybridized carbons (Fsp3) is 0.571. The average molecular weight is 327 g/mol. The predicted molar refractivity (Wildman–Crippen MR) is 87.8 cm³/mol. The van der Waals surface area contributed by atoms with Gasteiger partial charge in [-0.25, -0.2) is 0 Å². The Labute approximate surface area is 133 Å². The molecular formula is C14H21N3O2S2. The van der Waals surface area contributed by atoms with Gasteiger partial charge in [0.1, 0.15) is 0 Å². The molecule has 1 fully saturated rings. The van der Waals surface area contributed by atoms with Crippen LogP contribution in [0.4, 0.5) is 0 Å². The summed E-state index contributed by atoms with van der Waals surface area (Å²) in [5.74, 6) is 0.950. The normalized spacial score (nSPS) is 16.9.